The van der Waals surface area contributed by atoms with Crippen molar-refractivity contribution in [3.63, 3.8) is 0 Å². The Bertz CT molecular complexity index is 998. The van der Waals surface area contributed by atoms with Crippen molar-refractivity contribution in [1.82, 2.24) is 24.8 Å². The van der Waals surface area contributed by atoms with Crippen LogP contribution >= 0.6 is 0 Å². The first-order valence-electron chi connectivity index (χ1n) is 9.34. The van der Waals surface area contributed by atoms with E-state index in [9.17, 15) is 0 Å². The van der Waals surface area contributed by atoms with Crippen molar-refractivity contribution in [2.75, 3.05) is 42.9 Å². The highest BCUT2D eigenvalue weighted by atomic mass is 15.2. The molecule has 2 aliphatic heterocycles. The van der Waals surface area contributed by atoms with Gasteiger partial charge in [-0.3, -0.25) is 4.99 Å². The molecule has 8 heteroatoms. The molecule has 1 fully saturated rings. The number of nitrogens with one attached hydrogen (secondary N) is 2. The topological polar surface area (TPSA) is 83.3 Å². The molecule has 2 N–H and O–H groups in total. The lowest BCUT2D eigenvalue weighted by Gasteiger charge is -2.29. The van der Waals surface area contributed by atoms with Gasteiger partial charge in [-0.25, -0.2) is 9.97 Å². The third kappa shape index (κ3) is 3.02. The molecule has 1 saturated heterocycles. The van der Waals surface area contributed by atoms with E-state index < -0.39 is 0 Å². The van der Waals surface area contributed by atoms with Crippen LogP contribution in [0.2, 0.25) is 0 Å². The summed E-state index contributed by atoms with van der Waals surface area (Å²) in [5.41, 5.74) is 4.27. The number of pyridine rings is 1. The molecule has 5 rings (SSSR count). The second kappa shape index (κ2) is 6.62. The smallest absolute Gasteiger partial charge is 0.230 e. The maximum absolute atomic E-state index is 4.72. The van der Waals surface area contributed by atoms with Gasteiger partial charge in [0, 0.05) is 44.3 Å². The number of fused-ring (bicyclic) bond motifs is 3. The summed E-state index contributed by atoms with van der Waals surface area (Å²) in [5.74, 6) is 1.31. The molecule has 0 atom stereocenters. The molecular formula is C19H22N8. The van der Waals surface area contributed by atoms with Crippen LogP contribution in [0.4, 0.5) is 17.5 Å². The molecule has 27 heavy (non-hydrogen) atoms. The van der Waals surface area contributed by atoms with Crippen LogP contribution in [0.5, 0.6) is 0 Å². The van der Waals surface area contributed by atoms with E-state index in [1.54, 1.807) is 0 Å². The molecule has 138 valence electrons. The zero-order valence-corrected chi connectivity index (χ0v) is 15.3. The highest BCUT2D eigenvalue weighted by molar-refractivity contribution is 6.02. The van der Waals surface area contributed by atoms with E-state index in [4.69, 9.17) is 4.98 Å². The number of aliphatic imine (C=N–C) groups is 1. The van der Waals surface area contributed by atoms with Crippen LogP contribution in [0.1, 0.15) is 12.6 Å². The SMILES string of the molecule is CC1=NCCn2c1cc1cnc(Nc3ccc(N4CCNCC4)cn3)nc12. The van der Waals surface area contributed by atoms with Crippen LogP contribution < -0.4 is 15.5 Å². The first-order chi connectivity index (χ1) is 13.3. The molecular weight excluding hydrogens is 340 g/mol. The second-order valence-electron chi connectivity index (χ2n) is 6.88. The molecule has 0 radical (unpaired) electrons. The minimum Gasteiger partial charge on any atom is -0.368 e. The largest absolute Gasteiger partial charge is 0.368 e. The van der Waals surface area contributed by atoms with Crippen molar-refractivity contribution in [3.8, 4) is 0 Å². The van der Waals surface area contributed by atoms with Gasteiger partial charge in [0.05, 0.1) is 29.8 Å². The Balaban J connectivity index is 1.39. The van der Waals surface area contributed by atoms with E-state index in [1.165, 1.54) is 0 Å². The van der Waals surface area contributed by atoms with Crippen LogP contribution in [-0.2, 0) is 6.54 Å². The lowest BCUT2D eigenvalue weighted by Crippen LogP contribution is -2.43. The number of hydrogen-bond acceptors (Lipinski definition) is 7. The van der Waals surface area contributed by atoms with E-state index in [0.717, 1.165) is 73.2 Å². The summed E-state index contributed by atoms with van der Waals surface area (Å²) in [6.07, 6.45) is 3.77. The lowest BCUT2D eigenvalue weighted by atomic mass is 10.2. The summed E-state index contributed by atoms with van der Waals surface area (Å²) in [5, 5.41) is 7.63. The summed E-state index contributed by atoms with van der Waals surface area (Å²) in [6.45, 7) is 7.74. The van der Waals surface area contributed by atoms with Gasteiger partial charge in [-0.2, -0.15) is 4.98 Å². The third-order valence-corrected chi connectivity index (χ3v) is 5.15. The average molecular weight is 362 g/mol. The van der Waals surface area contributed by atoms with E-state index in [0.29, 0.717) is 5.95 Å². The zero-order valence-electron chi connectivity index (χ0n) is 15.3. The van der Waals surface area contributed by atoms with Gasteiger partial charge in [-0.05, 0) is 25.1 Å². The normalized spacial score (nSPS) is 16.9. The fraction of sp³-hybridized carbons (Fsp3) is 0.368. The van der Waals surface area contributed by atoms with Gasteiger partial charge < -0.3 is 20.1 Å². The first-order valence-corrected chi connectivity index (χ1v) is 9.34. The van der Waals surface area contributed by atoms with Gasteiger partial charge in [0.1, 0.15) is 11.5 Å². The molecule has 0 amide bonds. The molecule has 8 nitrogen and oxygen atoms in total. The summed E-state index contributed by atoms with van der Waals surface area (Å²) in [4.78, 5) is 20.6. The van der Waals surface area contributed by atoms with E-state index in [-0.39, 0.29) is 0 Å². The Hall–Kier alpha value is -3.00. The van der Waals surface area contributed by atoms with Crippen LogP contribution in [0.3, 0.4) is 0 Å². The minimum absolute atomic E-state index is 0.561. The fourth-order valence-corrected chi connectivity index (χ4v) is 3.71. The molecule has 3 aromatic heterocycles. The van der Waals surface area contributed by atoms with Crippen LogP contribution in [0.25, 0.3) is 11.0 Å². The number of aromatic nitrogens is 4. The summed E-state index contributed by atoms with van der Waals surface area (Å²) in [7, 11) is 0. The van der Waals surface area contributed by atoms with Gasteiger partial charge in [-0.15, -0.1) is 0 Å². The molecule has 2 aliphatic rings. The predicted octanol–water partition coefficient (Wildman–Crippen LogP) is 1.80. The Kier molecular flexibility index (Phi) is 3.97. The number of nitrogens with zero attached hydrogens (tertiary/aromatic N) is 6. The summed E-state index contributed by atoms with van der Waals surface area (Å²) >= 11 is 0. The van der Waals surface area contributed by atoms with Crippen molar-refractivity contribution in [2.24, 2.45) is 4.99 Å². The third-order valence-electron chi connectivity index (χ3n) is 5.15. The number of rotatable bonds is 3. The fourth-order valence-electron chi connectivity index (χ4n) is 3.71. The van der Waals surface area contributed by atoms with Crippen molar-refractivity contribution < 1.29 is 0 Å². The summed E-state index contributed by atoms with van der Waals surface area (Å²) in [6, 6.07) is 6.19. The summed E-state index contributed by atoms with van der Waals surface area (Å²) < 4.78 is 2.21. The zero-order chi connectivity index (χ0) is 18.2. The van der Waals surface area contributed by atoms with Crippen LogP contribution in [0.15, 0.2) is 35.6 Å². The predicted molar refractivity (Wildman–Crippen MR) is 107 cm³/mol. The van der Waals surface area contributed by atoms with E-state index in [1.807, 2.05) is 25.4 Å². The Morgan fingerprint density at radius 3 is 2.78 bits per heavy atom. The molecule has 0 bridgehead atoms. The van der Waals surface area contributed by atoms with E-state index >= 15 is 0 Å². The number of anilines is 3. The van der Waals surface area contributed by atoms with Gasteiger partial charge in [0.2, 0.25) is 5.95 Å². The molecule has 0 unspecified atom stereocenters. The second-order valence-corrected chi connectivity index (χ2v) is 6.88. The standard InChI is InChI=1S/C19H22N8/c1-13-16-10-14-11-23-19(25-18(14)27(16)9-6-21-13)24-17-3-2-15(12-22-17)26-7-4-20-5-8-26/h2-3,10-12,20H,4-9H2,1H3,(H,22,23,24,25). The number of hydrogen-bond donors (Lipinski definition) is 2. The van der Waals surface area contributed by atoms with Crippen molar-refractivity contribution >= 4 is 34.2 Å². The quantitative estimate of drug-likeness (QED) is 0.739. The number of piperazine rings is 1. The molecule has 0 aromatic carbocycles. The Labute approximate surface area is 157 Å². The Morgan fingerprint density at radius 2 is 1.96 bits per heavy atom. The lowest BCUT2D eigenvalue weighted by molar-refractivity contribution is 0.589. The maximum atomic E-state index is 4.72. The van der Waals surface area contributed by atoms with Crippen molar-refractivity contribution in [3.05, 3.63) is 36.3 Å². The molecule has 0 spiro atoms. The van der Waals surface area contributed by atoms with Gasteiger partial charge in [-0.1, -0.05) is 0 Å². The maximum Gasteiger partial charge on any atom is 0.230 e. The highest BCUT2D eigenvalue weighted by Gasteiger charge is 2.16. The molecule has 5 heterocycles. The van der Waals surface area contributed by atoms with Crippen molar-refractivity contribution in [1.29, 1.82) is 0 Å². The highest BCUT2D eigenvalue weighted by Crippen LogP contribution is 2.23. The van der Waals surface area contributed by atoms with Gasteiger partial charge in [0.25, 0.3) is 0 Å². The van der Waals surface area contributed by atoms with Gasteiger partial charge in [0.15, 0.2) is 0 Å². The molecule has 3 aromatic rings. The van der Waals surface area contributed by atoms with Crippen LogP contribution in [0, 0.1) is 0 Å². The van der Waals surface area contributed by atoms with Crippen molar-refractivity contribution in [2.45, 2.75) is 13.5 Å². The van der Waals surface area contributed by atoms with E-state index in [2.05, 4.69) is 47.2 Å². The average Bonchev–Trinajstić information content (AvgIpc) is 3.09. The first kappa shape index (κ1) is 16.2. The van der Waals surface area contributed by atoms with Crippen LogP contribution in [-0.4, -0.2) is 58.0 Å². The van der Waals surface area contributed by atoms with Gasteiger partial charge >= 0.3 is 0 Å². The Morgan fingerprint density at radius 1 is 1.07 bits per heavy atom. The minimum atomic E-state index is 0.561. The monoisotopic (exact) mass is 362 g/mol. The molecule has 0 saturated carbocycles. The molecule has 0 aliphatic carbocycles.